The van der Waals surface area contributed by atoms with Crippen LogP contribution in [0.25, 0.3) is 0 Å². The predicted octanol–water partition coefficient (Wildman–Crippen LogP) is 5.61. The van der Waals surface area contributed by atoms with Crippen molar-refractivity contribution in [1.82, 2.24) is 0 Å². The fourth-order valence-corrected chi connectivity index (χ4v) is 9.98. The van der Waals surface area contributed by atoms with Crippen LogP contribution in [0.3, 0.4) is 0 Å². The fourth-order valence-electron chi connectivity index (χ4n) is 1.30. The summed E-state index contributed by atoms with van der Waals surface area (Å²) in [4.78, 5) is 0.626. The summed E-state index contributed by atoms with van der Waals surface area (Å²) in [6.45, 7) is 13.6. The van der Waals surface area contributed by atoms with Crippen molar-refractivity contribution in [2.24, 2.45) is 4.03 Å². The van der Waals surface area contributed by atoms with Gasteiger partial charge in [-0.2, -0.15) is 0 Å². The van der Waals surface area contributed by atoms with E-state index in [4.69, 9.17) is 22.3 Å². The Bertz CT molecular complexity index is 648. The molecule has 122 valence electrons. The van der Waals surface area contributed by atoms with Gasteiger partial charge in [0.25, 0.3) is 0 Å². The second-order valence-corrected chi connectivity index (χ2v) is 16.8. The van der Waals surface area contributed by atoms with Gasteiger partial charge in [-0.1, -0.05) is 32.4 Å². The zero-order chi connectivity index (χ0) is 16.9. The van der Waals surface area contributed by atoms with E-state index in [1.54, 1.807) is 19.9 Å². The van der Waals surface area contributed by atoms with Crippen LogP contribution in [0.2, 0.25) is 23.2 Å². The Kier molecular flexibility index (Phi) is 5.37. The summed E-state index contributed by atoms with van der Waals surface area (Å²) in [6.07, 6.45) is 0. The molecule has 0 spiro atoms. The first-order chi connectivity index (χ1) is 9.08. The topological polar surface area (TPSA) is 49.7 Å². The number of nitrogens with zero attached hydrogens (tertiary/aromatic N) is 1. The van der Waals surface area contributed by atoms with Crippen molar-refractivity contribution in [2.45, 2.75) is 62.6 Å². The lowest BCUT2D eigenvalue weighted by Crippen LogP contribution is -2.35. The molecule has 21 heavy (non-hydrogen) atoms. The van der Waals surface area contributed by atoms with E-state index >= 15 is 0 Å². The number of thiophene rings is 1. The first-order valence-corrected chi connectivity index (χ1v) is 13.1. The Morgan fingerprint density at radius 3 is 2.10 bits per heavy atom. The average Bonchev–Trinajstić information content (AvgIpc) is 2.56. The maximum atomic E-state index is 12.9. The average molecular weight is 388 g/mol. The molecule has 0 aromatic carbocycles. The Morgan fingerprint density at radius 1 is 1.29 bits per heavy atom. The number of rotatable bonds is 3. The van der Waals surface area contributed by atoms with Crippen molar-refractivity contribution < 1.29 is 9.32 Å². The van der Waals surface area contributed by atoms with Crippen LogP contribution in [0, 0.1) is 0 Å². The largest absolute Gasteiger partial charge is 0.385 e. The van der Waals surface area contributed by atoms with Gasteiger partial charge in [-0.3, -0.25) is 4.03 Å². The molecule has 0 aliphatic rings. The van der Waals surface area contributed by atoms with Crippen molar-refractivity contribution in [3.8, 4) is 0 Å². The van der Waals surface area contributed by atoms with Crippen molar-refractivity contribution in [2.75, 3.05) is 0 Å². The van der Waals surface area contributed by atoms with Gasteiger partial charge in [-0.05, 0) is 38.0 Å². The van der Waals surface area contributed by atoms with Crippen LogP contribution in [-0.4, -0.2) is 17.6 Å². The SMILES string of the molecule is CC(C)(O)c1cc(Cl)c(S(=O)(Cl)=N[Si](C)(C)C(C)(C)C)s1. The van der Waals surface area contributed by atoms with Crippen molar-refractivity contribution >= 4 is 50.8 Å². The zero-order valence-electron chi connectivity index (χ0n) is 13.5. The summed E-state index contributed by atoms with van der Waals surface area (Å²) in [5.74, 6) is 0. The minimum Gasteiger partial charge on any atom is -0.385 e. The highest BCUT2D eigenvalue weighted by Gasteiger charge is 2.38. The van der Waals surface area contributed by atoms with E-state index in [1.165, 1.54) is 0 Å². The molecule has 1 atom stereocenters. The van der Waals surface area contributed by atoms with E-state index in [-0.39, 0.29) is 5.04 Å². The Morgan fingerprint density at radius 2 is 1.76 bits per heavy atom. The molecule has 0 aliphatic heterocycles. The smallest absolute Gasteiger partial charge is 0.194 e. The van der Waals surface area contributed by atoms with Crippen LogP contribution >= 0.6 is 33.6 Å². The monoisotopic (exact) mass is 387 g/mol. The highest BCUT2D eigenvalue weighted by atomic mass is 35.7. The fraction of sp³-hybridized carbons (Fsp3) is 0.692. The molecule has 0 bridgehead atoms. The Hall–Kier alpha value is 0.407. The first kappa shape index (κ1) is 19.5. The lowest BCUT2D eigenvalue weighted by molar-refractivity contribution is 0.0825. The zero-order valence-corrected chi connectivity index (χ0v) is 17.6. The molecule has 1 rings (SSSR count). The highest BCUT2D eigenvalue weighted by Crippen LogP contribution is 2.43. The van der Waals surface area contributed by atoms with Gasteiger partial charge in [-0.25, -0.2) is 4.21 Å². The van der Waals surface area contributed by atoms with Gasteiger partial charge >= 0.3 is 0 Å². The second kappa shape index (κ2) is 5.80. The van der Waals surface area contributed by atoms with Gasteiger partial charge < -0.3 is 5.11 Å². The van der Waals surface area contributed by atoms with Crippen LogP contribution in [0.1, 0.15) is 39.5 Å². The molecule has 1 heterocycles. The molecule has 1 N–H and O–H groups in total. The van der Waals surface area contributed by atoms with E-state index in [0.717, 1.165) is 11.3 Å². The van der Waals surface area contributed by atoms with E-state index in [0.29, 0.717) is 14.1 Å². The summed E-state index contributed by atoms with van der Waals surface area (Å²) in [7, 11) is 0.995. The molecule has 0 radical (unpaired) electrons. The van der Waals surface area contributed by atoms with E-state index in [2.05, 4.69) is 24.8 Å². The maximum Gasteiger partial charge on any atom is 0.194 e. The lowest BCUT2D eigenvalue weighted by Gasteiger charge is -2.32. The molecule has 3 nitrogen and oxygen atoms in total. The molecule has 0 saturated carbocycles. The van der Waals surface area contributed by atoms with Gasteiger partial charge in [0.05, 0.1) is 10.6 Å². The quantitative estimate of drug-likeness (QED) is 0.540. The standard InChI is InChI=1S/C13H23Cl2NO2S2Si/c1-12(2,3)21(6,7)16-20(15,18)11-9(14)8-10(19-11)13(4,5)17/h8,17H,1-7H3. The van der Waals surface area contributed by atoms with Gasteiger partial charge in [0.15, 0.2) is 17.2 Å². The van der Waals surface area contributed by atoms with Crippen molar-refractivity contribution in [3.05, 3.63) is 16.0 Å². The third kappa shape index (κ3) is 4.45. The predicted molar refractivity (Wildman–Crippen MR) is 96.5 cm³/mol. The molecule has 0 fully saturated rings. The normalized spacial score (nSPS) is 16.7. The Labute approximate surface area is 142 Å². The number of aliphatic hydroxyl groups is 1. The third-order valence-corrected chi connectivity index (χ3v) is 14.8. The van der Waals surface area contributed by atoms with Crippen LogP contribution in [0.15, 0.2) is 14.3 Å². The molecule has 0 amide bonds. The minimum absolute atomic E-state index is 0.0621. The van der Waals surface area contributed by atoms with Crippen LogP contribution in [-0.2, 0) is 14.5 Å². The Balaban J connectivity index is 3.46. The number of halogens is 2. The summed E-state index contributed by atoms with van der Waals surface area (Å²) in [5.41, 5.74) is -1.05. The number of hydrogen-bond acceptors (Lipinski definition) is 4. The van der Waals surface area contributed by atoms with Crippen LogP contribution in [0.5, 0.6) is 0 Å². The molecular formula is C13H23Cl2NO2S2Si. The molecule has 0 aliphatic carbocycles. The van der Waals surface area contributed by atoms with Gasteiger partial charge in [0.1, 0.15) is 4.21 Å². The van der Waals surface area contributed by atoms with Gasteiger partial charge in [0, 0.05) is 15.6 Å². The molecule has 8 heteroatoms. The summed E-state index contributed by atoms with van der Waals surface area (Å²) >= 11 is 7.33. The molecule has 1 unspecified atom stereocenters. The molecule has 1 aromatic rings. The first-order valence-electron chi connectivity index (χ1n) is 6.58. The van der Waals surface area contributed by atoms with Crippen molar-refractivity contribution in [1.29, 1.82) is 0 Å². The van der Waals surface area contributed by atoms with Crippen LogP contribution in [0.4, 0.5) is 0 Å². The number of hydrogen-bond donors (Lipinski definition) is 1. The summed E-state index contributed by atoms with van der Waals surface area (Å²) in [5, 5.41) is 10.3. The van der Waals surface area contributed by atoms with Gasteiger partial charge in [0.2, 0.25) is 0 Å². The van der Waals surface area contributed by atoms with Gasteiger partial charge in [-0.15, -0.1) is 11.3 Å². The van der Waals surface area contributed by atoms with Crippen molar-refractivity contribution in [3.63, 3.8) is 0 Å². The minimum atomic E-state index is -3.09. The molecule has 1 aromatic heterocycles. The maximum absolute atomic E-state index is 12.9. The summed E-state index contributed by atoms with van der Waals surface area (Å²) < 4.78 is 17.7. The van der Waals surface area contributed by atoms with Crippen LogP contribution < -0.4 is 0 Å². The highest BCUT2D eigenvalue weighted by molar-refractivity contribution is 8.17. The lowest BCUT2D eigenvalue weighted by atomic mass is 10.1. The summed E-state index contributed by atoms with van der Waals surface area (Å²) in [6, 6.07) is 1.62. The molecule has 0 saturated heterocycles. The molecular weight excluding hydrogens is 365 g/mol. The third-order valence-electron chi connectivity index (χ3n) is 3.67. The van der Waals surface area contributed by atoms with E-state index in [1.807, 2.05) is 13.1 Å². The second-order valence-electron chi connectivity index (χ2n) is 7.16. The van der Waals surface area contributed by atoms with E-state index in [9.17, 15) is 9.32 Å². The van der Waals surface area contributed by atoms with E-state index < -0.39 is 22.8 Å².